The minimum atomic E-state index is -0.361. The molecule has 1 unspecified atom stereocenters. The lowest BCUT2D eigenvalue weighted by Crippen LogP contribution is -2.40. The van der Waals surface area contributed by atoms with E-state index in [-0.39, 0.29) is 48.2 Å². The lowest BCUT2D eigenvalue weighted by Gasteiger charge is -2.36. The molecule has 1 heterocycles. The topological polar surface area (TPSA) is 90.9 Å². The van der Waals surface area contributed by atoms with Gasteiger partial charge >= 0.3 is 5.97 Å². The van der Waals surface area contributed by atoms with Gasteiger partial charge in [-0.1, -0.05) is 26.3 Å². The maximum atomic E-state index is 12.6. The van der Waals surface area contributed by atoms with Gasteiger partial charge in [-0.25, -0.2) is 0 Å². The molecule has 4 atom stereocenters. The van der Waals surface area contributed by atoms with Crippen LogP contribution >= 0.6 is 0 Å². The smallest absolute Gasteiger partial charge is 0.309 e. The molecule has 0 saturated heterocycles. The first kappa shape index (κ1) is 21.7. The van der Waals surface area contributed by atoms with E-state index in [1.165, 1.54) is 0 Å². The van der Waals surface area contributed by atoms with Crippen LogP contribution in [0.5, 0.6) is 11.5 Å². The highest BCUT2D eigenvalue weighted by molar-refractivity contribution is 5.88. The van der Waals surface area contributed by atoms with Crippen LogP contribution in [0.25, 0.3) is 0 Å². The average Bonchev–Trinajstić information content (AvgIpc) is 2.75. The van der Waals surface area contributed by atoms with E-state index < -0.39 is 0 Å². The van der Waals surface area contributed by atoms with Gasteiger partial charge in [0.2, 0.25) is 0 Å². The Balaban J connectivity index is 1.32. The molecule has 1 N–H and O–H groups in total. The van der Waals surface area contributed by atoms with Crippen LogP contribution in [0.4, 0.5) is 0 Å². The first-order valence-electron chi connectivity index (χ1n) is 11.3. The highest BCUT2D eigenvalue weighted by Gasteiger charge is 2.42. The van der Waals surface area contributed by atoms with E-state index in [1.807, 2.05) is 32.0 Å². The molecule has 1 aromatic carbocycles. The highest BCUT2D eigenvalue weighted by atomic mass is 16.6. The Hall–Kier alpha value is -2.57. The summed E-state index contributed by atoms with van der Waals surface area (Å²) in [6, 6.07) is 5.42. The minimum absolute atomic E-state index is 0.0144. The number of carbonyl (C=O) groups excluding carboxylic acids is 3. The zero-order valence-corrected chi connectivity index (χ0v) is 18.2. The number of benzene rings is 1. The fraction of sp³-hybridized carbons (Fsp3) is 0.625. The van der Waals surface area contributed by atoms with Gasteiger partial charge in [-0.15, -0.1) is 0 Å². The molecule has 4 rings (SSSR count). The molecule has 2 bridgehead atoms. The number of Topliss-reactive ketones (excluding diaryl/α,β-unsaturated/α-hetero) is 1. The van der Waals surface area contributed by atoms with Crippen molar-refractivity contribution in [1.82, 2.24) is 5.32 Å². The molecule has 3 aliphatic rings. The third kappa shape index (κ3) is 4.86. The summed E-state index contributed by atoms with van der Waals surface area (Å²) in [7, 11) is 0. The Morgan fingerprint density at radius 1 is 1.10 bits per heavy atom. The molecule has 2 fully saturated rings. The Labute approximate surface area is 182 Å². The van der Waals surface area contributed by atoms with E-state index >= 15 is 0 Å². The number of ketones is 1. The molecule has 2 aliphatic carbocycles. The van der Waals surface area contributed by atoms with Gasteiger partial charge in [-0.3, -0.25) is 14.4 Å². The number of carbonyl (C=O) groups is 3. The number of ether oxygens (including phenoxy) is 3. The summed E-state index contributed by atoms with van der Waals surface area (Å²) in [5.41, 5.74) is 0.914. The first-order chi connectivity index (χ1) is 14.9. The second kappa shape index (κ2) is 9.28. The van der Waals surface area contributed by atoms with Crippen molar-refractivity contribution < 1.29 is 28.6 Å². The summed E-state index contributed by atoms with van der Waals surface area (Å²) in [5.74, 6) is 0.812. The van der Waals surface area contributed by atoms with Crippen LogP contribution in [0.15, 0.2) is 18.2 Å². The Bertz CT molecular complexity index is 834. The standard InChI is InChI=1S/C24H31NO6/c1-14(2)22(15-6-7-19-20(12-15)30-9-8-29-19)25-21(26)13-31-24(28)18-10-16-4-3-5-17(11-18)23(16)27/h6-7,12,14,16-18,22H,3-5,8-11,13H2,1-2H3,(H,25,26)/t16-,17+,18?,22-/m0/s1. The predicted molar refractivity (Wildman–Crippen MR) is 113 cm³/mol. The predicted octanol–water partition coefficient (Wildman–Crippen LogP) is 3.21. The molecule has 7 heteroatoms. The van der Waals surface area contributed by atoms with Crippen LogP contribution in [0.3, 0.4) is 0 Å². The van der Waals surface area contributed by atoms with Crippen LogP contribution in [-0.4, -0.2) is 37.5 Å². The van der Waals surface area contributed by atoms with Crippen LogP contribution in [-0.2, 0) is 19.1 Å². The number of nitrogens with one attached hydrogen (secondary N) is 1. The van der Waals surface area contributed by atoms with Gasteiger partial charge in [0.15, 0.2) is 18.1 Å². The van der Waals surface area contributed by atoms with Crippen molar-refractivity contribution in [3.8, 4) is 11.5 Å². The van der Waals surface area contributed by atoms with E-state index in [4.69, 9.17) is 14.2 Å². The number of hydrogen-bond donors (Lipinski definition) is 1. The van der Waals surface area contributed by atoms with E-state index in [1.54, 1.807) is 0 Å². The van der Waals surface area contributed by atoms with Gasteiger partial charge in [0.1, 0.15) is 19.0 Å². The van der Waals surface area contributed by atoms with E-state index in [0.717, 1.165) is 24.8 Å². The molecule has 7 nitrogen and oxygen atoms in total. The lowest BCUT2D eigenvalue weighted by molar-refractivity contribution is -0.156. The second-order valence-corrected chi connectivity index (χ2v) is 9.20. The number of amides is 1. The summed E-state index contributed by atoms with van der Waals surface area (Å²) in [6.45, 7) is 4.75. The molecular weight excluding hydrogens is 398 g/mol. The van der Waals surface area contributed by atoms with Gasteiger partial charge in [0.25, 0.3) is 5.91 Å². The number of fused-ring (bicyclic) bond motifs is 3. The molecule has 1 amide bonds. The van der Waals surface area contributed by atoms with Gasteiger partial charge in [-0.05, 0) is 49.3 Å². The first-order valence-corrected chi connectivity index (χ1v) is 11.3. The van der Waals surface area contributed by atoms with Crippen LogP contribution < -0.4 is 14.8 Å². The second-order valence-electron chi connectivity index (χ2n) is 9.20. The molecule has 1 aromatic rings. The monoisotopic (exact) mass is 429 g/mol. The van der Waals surface area contributed by atoms with E-state index in [2.05, 4.69) is 5.32 Å². The van der Waals surface area contributed by atoms with Crippen molar-refractivity contribution >= 4 is 17.7 Å². The lowest BCUT2D eigenvalue weighted by atomic mass is 9.67. The Kier molecular flexibility index (Phi) is 6.49. The summed E-state index contributed by atoms with van der Waals surface area (Å²) < 4.78 is 16.6. The van der Waals surface area contributed by atoms with Crippen molar-refractivity contribution in [2.45, 2.75) is 52.0 Å². The van der Waals surface area contributed by atoms with Crippen LogP contribution in [0.1, 0.15) is 57.6 Å². The molecule has 0 aromatic heterocycles. The Morgan fingerprint density at radius 3 is 2.45 bits per heavy atom. The van der Waals surface area contributed by atoms with Crippen molar-refractivity contribution in [1.29, 1.82) is 0 Å². The van der Waals surface area contributed by atoms with Crippen molar-refractivity contribution in [3.63, 3.8) is 0 Å². The maximum Gasteiger partial charge on any atom is 0.309 e. The van der Waals surface area contributed by atoms with Crippen molar-refractivity contribution in [2.75, 3.05) is 19.8 Å². The number of hydrogen-bond acceptors (Lipinski definition) is 6. The largest absolute Gasteiger partial charge is 0.486 e. The highest BCUT2D eigenvalue weighted by Crippen LogP contribution is 2.40. The fourth-order valence-corrected chi connectivity index (χ4v) is 5.03. The Morgan fingerprint density at radius 2 is 1.77 bits per heavy atom. The average molecular weight is 430 g/mol. The summed E-state index contributed by atoms with van der Waals surface area (Å²) in [4.78, 5) is 37.3. The van der Waals surface area contributed by atoms with Crippen molar-refractivity contribution in [3.05, 3.63) is 23.8 Å². The third-order valence-electron chi connectivity index (χ3n) is 6.64. The molecule has 2 saturated carbocycles. The summed E-state index contributed by atoms with van der Waals surface area (Å²) in [5, 5.41) is 2.98. The molecular formula is C24H31NO6. The van der Waals surface area contributed by atoms with Gasteiger partial charge in [0.05, 0.1) is 12.0 Å². The van der Waals surface area contributed by atoms with E-state index in [0.29, 0.717) is 43.3 Å². The normalized spacial score (nSPS) is 25.6. The minimum Gasteiger partial charge on any atom is -0.486 e. The van der Waals surface area contributed by atoms with Gasteiger partial charge < -0.3 is 19.5 Å². The summed E-state index contributed by atoms with van der Waals surface area (Å²) in [6.07, 6.45) is 3.90. The van der Waals surface area contributed by atoms with Crippen LogP contribution in [0.2, 0.25) is 0 Å². The molecule has 0 spiro atoms. The molecule has 1 aliphatic heterocycles. The maximum absolute atomic E-state index is 12.6. The van der Waals surface area contributed by atoms with Gasteiger partial charge in [0, 0.05) is 11.8 Å². The SMILES string of the molecule is CC(C)[C@H](NC(=O)COC(=O)C1C[C@H]2CCC[C@@H](C1)C2=O)c1ccc2c(c1)OCCO2. The number of esters is 1. The van der Waals surface area contributed by atoms with Gasteiger partial charge in [-0.2, -0.15) is 0 Å². The zero-order chi connectivity index (χ0) is 22.0. The molecule has 31 heavy (non-hydrogen) atoms. The zero-order valence-electron chi connectivity index (χ0n) is 18.2. The van der Waals surface area contributed by atoms with Crippen LogP contribution in [0, 0.1) is 23.7 Å². The van der Waals surface area contributed by atoms with E-state index in [9.17, 15) is 14.4 Å². The fourth-order valence-electron chi connectivity index (χ4n) is 5.03. The number of rotatable bonds is 6. The quantitative estimate of drug-likeness (QED) is 0.699. The third-order valence-corrected chi connectivity index (χ3v) is 6.64. The van der Waals surface area contributed by atoms with Crippen molar-refractivity contribution in [2.24, 2.45) is 23.7 Å². The molecule has 0 radical (unpaired) electrons. The summed E-state index contributed by atoms with van der Waals surface area (Å²) >= 11 is 0. The molecule has 168 valence electrons.